The molecule has 0 spiro atoms. The van der Waals surface area contributed by atoms with E-state index in [-0.39, 0.29) is 24.4 Å². The first-order valence-electron chi connectivity index (χ1n) is 6.83. The van der Waals surface area contributed by atoms with E-state index < -0.39 is 11.9 Å². The maximum Gasteiger partial charge on any atom is 0.317 e. The van der Waals surface area contributed by atoms with Gasteiger partial charge in [-0.2, -0.15) is 0 Å². The van der Waals surface area contributed by atoms with Crippen LogP contribution >= 0.6 is 0 Å². The minimum atomic E-state index is -0.844. The van der Waals surface area contributed by atoms with Crippen LogP contribution in [0.5, 0.6) is 0 Å². The van der Waals surface area contributed by atoms with Crippen LogP contribution in [0.4, 0.5) is 4.79 Å². The fraction of sp³-hybridized carbons (Fsp3) is 0.769. The number of nitrogens with one attached hydrogen (secondary N) is 2. The molecule has 0 aromatic carbocycles. The van der Waals surface area contributed by atoms with Gasteiger partial charge in [-0.15, -0.1) is 0 Å². The summed E-state index contributed by atoms with van der Waals surface area (Å²) < 4.78 is 0. The number of rotatable bonds is 6. The molecule has 1 rings (SSSR count). The van der Waals surface area contributed by atoms with E-state index in [1.807, 2.05) is 13.8 Å². The number of carbonyl (C=O) groups is 3. The Hall–Kier alpha value is -1.79. The van der Waals surface area contributed by atoms with Crippen molar-refractivity contribution < 1.29 is 19.5 Å². The molecule has 0 radical (unpaired) electrons. The number of hydrogen-bond donors (Lipinski definition) is 3. The highest BCUT2D eigenvalue weighted by Gasteiger charge is 2.37. The van der Waals surface area contributed by atoms with Crippen molar-refractivity contribution in [3.63, 3.8) is 0 Å². The van der Waals surface area contributed by atoms with Gasteiger partial charge in [-0.05, 0) is 5.92 Å². The van der Waals surface area contributed by atoms with Crippen molar-refractivity contribution in [2.75, 3.05) is 26.2 Å². The first-order chi connectivity index (χ1) is 9.31. The third kappa shape index (κ3) is 4.71. The van der Waals surface area contributed by atoms with E-state index in [4.69, 9.17) is 5.11 Å². The lowest BCUT2D eigenvalue weighted by Crippen LogP contribution is -2.57. The molecule has 1 aliphatic rings. The summed E-state index contributed by atoms with van der Waals surface area (Å²) in [6.45, 7) is 6.99. The second-order valence-electron chi connectivity index (χ2n) is 5.65. The van der Waals surface area contributed by atoms with Crippen LogP contribution in [-0.2, 0) is 9.59 Å². The first kappa shape index (κ1) is 16.3. The normalized spacial score (nSPS) is 16.5. The minimum absolute atomic E-state index is 0.00647. The fourth-order valence-electron chi connectivity index (χ4n) is 1.84. The highest BCUT2D eigenvalue weighted by atomic mass is 16.4. The van der Waals surface area contributed by atoms with E-state index in [0.717, 1.165) is 0 Å². The van der Waals surface area contributed by atoms with E-state index in [0.29, 0.717) is 25.6 Å². The van der Waals surface area contributed by atoms with Crippen LogP contribution in [0.2, 0.25) is 0 Å². The van der Waals surface area contributed by atoms with Crippen molar-refractivity contribution >= 4 is 17.9 Å². The van der Waals surface area contributed by atoms with E-state index in [1.165, 1.54) is 4.90 Å². The molecule has 0 aromatic rings. The van der Waals surface area contributed by atoms with Gasteiger partial charge in [-0.3, -0.25) is 9.59 Å². The van der Waals surface area contributed by atoms with Gasteiger partial charge in [-0.25, -0.2) is 4.79 Å². The highest BCUT2D eigenvalue weighted by Crippen LogP contribution is 2.23. The molecule has 0 bridgehead atoms. The molecular weight excluding hydrogens is 262 g/mol. The average molecular weight is 285 g/mol. The number of hydrogen-bond acceptors (Lipinski definition) is 3. The molecule has 20 heavy (non-hydrogen) atoms. The number of carboxylic acid groups (broad SMARTS) is 1. The van der Waals surface area contributed by atoms with Crippen LogP contribution in [0.1, 0.15) is 20.8 Å². The van der Waals surface area contributed by atoms with Crippen molar-refractivity contribution in [2.45, 2.75) is 20.8 Å². The Morgan fingerprint density at radius 1 is 1.20 bits per heavy atom. The number of likely N-dealkylation sites (tertiary alicyclic amines) is 1. The molecule has 1 heterocycles. The van der Waals surface area contributed by atoms with E-state index in [1.54, 1.807) is 6.92 Å². The average Bonchev–Trinajstić information content (AvgIpc) is 2.31. The van der Waals surface area contributed by atoms with Crippen LogP contribution in [0, 0.1) is 17.8 Å². The van der Waals surface area contributed by atoms with E-state index in [9.17, 15) is 14.4 Å². The Bertz CT molecular complexity index is 378. The summed E-state index contributed by atoms with van der Waals surface area (Å²) in [5, 5.41) is 14.1. The fourth-order valence-corrected chi connectivity index (χ4v) is 1.84. The number of urea groups is 1. The Balaban J connectivity index is 2.19. The molecule has 7 nitrogen and oxygen atoms in total. The minimum Gasteiger partial charge on any atom is -0.481 e. The maximum atomic E-state index is 11.7. The molecule has 0 saturated carbocycles. The number of amides is 3. The molecule has 3 amide bonds. The van der Waals surface area contributed by atoms with Crippen LogP contribution in [0.3, 0.4) is 0 Å². The molecule has 1 atom stereocenters. The van der Waals surface area contributed by atoms with Gasteiger partial charge >= 0.3 is 12.0 Å². The Kier molecular flexibility index (Phi) is 5.79. The predicted molar refractivity (Wildman–Crippen MR) is 73.1 cm³/mol. The predicted octanol–water partition coefficient (Wildman–Crippen LogP) is 0.121. The molecule has 1 fully saturated rings. The monoisotopic (exact) mass is 285 g/mol. The van der Waals surface area contributed by atoms with Gasteiger partial charge in [0.1, 0.15) is 0 Å². The SMILES string of the molecule is CC(C)CNC(=O)CNC(=O)N1CC(C(C)C(=O)O)C1. The van der Waals surface area contributed by atoms with Crippen molar-refractivity contribution in [2.24, 2.45) is 17.8 Å². The topological polar surface area (TPSA) is 98.7 Å². The highest BCUT2D eigenvalue weighted by molar-refractivity contribution is 5.84. The van der Waals surface area contributed by atoms with Gasteiger partial charge in [0, 0.05) is 25.6 Å². The van der Waals surface area contributed by atoms with Crippen LogP contribution < -0.4 is 10.6 Å². The number of nitrogens with zero attached hydrogens (tertiary/aromatic N) is 1. The van der Waals surface area contributed by atoms with Crippen molar-refractivity contribution in [1.29, 1.82) is 0 Å². The Morgan fingerprint density at radius 3 is 2.30 bits per heavy atom. The molecule has 1 unspecified atom stereocenters. The standard InChI is InChI=1S/C13H23N3O4/c1-8(2)4-14-11(17)5-15-13(20)16-6-10(7-16)9(3)12(18)19/h8-10H,4-7H2,1-3H3,(H,14,17)(H,15,20)(H,18,19). The first-order valence-corrected chi connectivity index (χ1v) is 6.83. The summed E-state index contributed by atoms with van der Waals surface area (Å²) in [6, 6.07) is -0.321. The van der Waals surface area contributed by atoms with Gasteiger partial charge in [-0.1, -0.05) is 20.8 Å². The summed E-state index contributed by atoms with van der Waals surface area (Å²) in [5.41, 5.74) is 0. The summed E-state index contributed by atoms with van der Waals surface area (Å²) in [5.74, 6) is -1.16. The quantitative estimate of drug-likeness (QED) is 0.645. The summed E-state index contributed by atoms with van der Waals surface area (Å²) in [6.07, 6.45) is 0. The molecular formula is C13H23N3O4. The third-order valence-electron chi connectivity index (χ3n) is 3.40. The summed E-state index contributed by atoms with van der Waals surface area (Å²) in [4.78, 5) is 35.4. The lowest BCUT2D eigenvalue weighted by molar-refractivity contribution is -0.144. The molecule has 0 aromatic heterocycles. The molecule has 0 aliphatic carbocycles. The molecule has 114 valence electrons. The van der Waals surface area contributed by atoms with Gasteiger partial charge in [0.15, 0.2) is 0 Å². The van der Waals surface area contributed by atoms with Gasteiger partial charge in [0.05, 0.1) is 12.5 Å². The summed E-state index contributed by atoms with van der Waals surface area (Å²) >= 11 is 0. The lowest BCUT2D eigenvalue weighted by atomic mass is 9.87. The zero-order chi connectivity index (χ0) is 15.3. The number of aliphatic carboxylic acids is 1. The maximum absolute atomic E-state index is 11.7. The van der Waals surface area contributed by atoms with Crippen molar-refractivity contribution in [3.8, 4) is 0 Å². The van der Waals surface area contributed by atoms with Crippen LogP contribution in [0.15, 0.2) is 0 Å². The second-order valence-corrected chi connectivity index (χ2v) is 5.65. The van der Waals surface area contributed by atoms with E-state index in [2.05, 4.69) is 10.6 Å². The van der Waals surface area contributed by atoms with E-state index >= 15 is 0 Å². The van der Waals surface area contributed by atoms with Gasteiger partial charge in [0.25, 0.3) is 0 Å². The number of carboxylic acids is 1. The molecule has 1 aliphatic heterocycles. The second kappa shape index (κ2) is 7.12. The lowest BCUT2D eigenvalue weighted by Gasteiger charge is -2.40. The van der Waals surface area contributed by atoms with Gasteiger partial charge < -0.3 is 20.6 Å². The zero-order valence-electron chi connectivity index (χ0n) is 12.2. The van der Waals surface area contributed by atoms with Crippen molar-refractivity contribution in [3.05, 3.63) is 0 Å². The van der Waals surface area contributed by atoms with Crippen molar-refractivity contribution in [1.82, 2.24) is 15.5 Å². The Labute approximate surface area is 118 Å². The van der Waals surface area contributed by atoms with Crippen LogP contribution in [-0.4, -0.2) is 54.1 Å². The van der Waals surface area contributed by atoms with Crippen LogP contribution in [0.25, 0.3) is 0 Å². The molecule has 7 heteroatoms. The third-order valence-corrected chi connectivity index (χ3v) is 3.40. The largest absolute Gasteiger partial charge is 0.481 e. The molecule has 1 saturated heterocycles. The van der Waals surface area contributed by atoms with Gasteiger partial charge in [0.2, 0.25) is 5.91 Å². The molecule has 3 N–H and O–H groups in total. The zero-order valence-corrected chi connectivity index (χ0v) is 12.2. The Morgan fingerprint density at radius 2 is 1.80 bits per heavy atom. The number of carbonyl (C=O) groups excluding carboxylic acids is 2. The smallest absolute Gasteiger partial charge is 0.317 e. The summed E-state index contributed by atoms with van der Waals surface area (Å²) in [7, 11) is 0.